The molecule has 1 unspecified atom stereocenters. The van der Waals surface area contributed by atoms with E-state index in [2.05, 4.69) is 10.2 Å². The number of rotatable bonds is 2. The van der Waals surface area contributed by atoms with Crippen molar-refractivity contribution in [2.75, 3.05) is 5.73 Å². The van der Waals surface area contributed by atoms with Crippen LogP contribution in [0.3, 0.4) is 0 Å². The monoisotopic (exact) mass is 411 g/mol. The van der Waals surface area contributed by atoms with Crippen LogP contribution >= 0.6 is 11.6 Å². The Morgan fingerprint density at radius 3 is 2.86 bits per heavy atom. The highest BCUT2D eigenvalue weighted by atomic mass is 35.5. The van der Waals surface area contributed by atoms with Crippen LogP contribution in [0.4, 0.5) is 11.4 Å². The number of nitrogens with one attached hydrogen (secondary N) is 1. The van der Waals surface area contributed by atoms with Gasteiger partial charge in [0.05, 0.1) is 16.4 Å². The molecule has 9 heteroatoms. The predicted octanol–water partition coefficient (Wildman–Crippen LogP) is 4.42. The quantitative estimate of drug-likeness (QED) is 0.372. The number of nitrogen functional groups attached to an aromatic ring is 1. The highest BCUT2D eigenvalue weighted by Crippen LogP contribution is 2.52. The van der Waals surface area contributed by atoms with Crippen LogP contribution in [-0.4, -0.2) is 20.1 Å². The number of non-ortho nitro benzene ring substituents is 1. The Balaban J connectivity index is 1.82. The second kappa shape index (κ2) is 6.45. The van der Waals surface area contributed by atoms with E-state index in [1.165, 1.54) is 12.1 Å². The molecule has 0 saturated heterocycles. The van der Waals surface area contributed by atoms with E-state index >= 15 is 0 Å². The van der Waals surface area contributed by atoms with Crippen molar-refractivity contribution in [2.24, 2.45) is 0 Å². The third kappa shape index (κ3) is 2.66. The van der Waals surface area contributed by atoms with Crippen molar-refractivity contribution in [3.05, 3.63) is 67.0 Å². The molecule has 1 aliphatic carbocycles. The van der Waals surface area contributed by atoms with Crippen LogP contribution in [0.15, 0.2) is 18.2 Å². The number of pyridine rings is 1. The van der Waals surface area contributed by atoms with Gasteiger partial charge in [-0.05, 0) is 49.8 Å². The number of benzene rings is 1. The van der Waals surface area contributed by atoms with Gasteiger partial charge in [-0.25, -0.2) is 4.98 Å². The number of nitro benzene ring substituents is 1. The molecule has 0 fully saturated rings. The first kappa shape index (κ1) is 17.9. The summed E-state index contributed by atoms with van der Waals surface area (Å²) in [5.74, 6) is 0.333. The van der Waals surface area contributed by atoms with Gasteiger partial charge in [0.1, 0.15) is 0 Å². The van der Waals surface area contributed by atoms with E-state index in [0.717, 1.165) is 48.2 Å². The molecule has 1 atom stereocenters. The number of anilines is 1. The van der Waals surface area contributed by atoms with E-state index in [1.807, 2.05) is 6.92 Å². The van der Waals surface area contributed by atoms with Gasteiger partial charge in [-0.3, -0.25) is 15.2 Å². The fourth-order valence-electron chi connectivity index (χ4n) is 4.37. The van der Waals surface area contributed by atoms with Crippen molar-refractivity contribution in [3.63, 3.8) is 0 Å². The van der Waals surface area contributed by atoms with Crippen molar-refractivity contribution in [1.82, 2.24) is 15.2 Å². The fourth-order valence-corrected chi connectivity index (χ4v) is 4.59. The second-order valence-electron chi connectivity index (χ2n) is 7.44. The number of nitrogens with zero attached hydrogens (tertiary/aromatic N) is 3. The summed E-state index contributed by atoms with van der Waals surface area (Å²) in [6, 6.07) is 4.43. The predicted molar refractivity (Wildman–Crippen MR) is 108 cm³/mol. The summed E-state index contributed by atoms with van der Waals surface area (Å²) in [6.07, 6.45) is 3.82. The van der Waals surface area contributed by atoms with E-state index in [0.29, 0.717) is 33.6 Å². The number of nitrogens with two attached hydrogens (primary N) is 1. The zero-order valence-electron chi connectivity index (χ0n) is 15.7. The van der Waals surface area contributed by atoms with Gasteiger partial charge in [0.25, 0.3) is 5.69 Å². The van der Waals surface area contributed by atoms with Crippen LogP contribution in [0.2, 0.25) is 5.02 Å². The standard InChI is InChI=1S/C20H18ClN5O3/c1-9-15-16(12-8-10(26(27)28)6-7-13(12)21)17-18(22)11-4-2-3-5-14(11)23-19(17)29-20(15)25-24-9/h6-8,16H,2-5H2,1H3,(H2,22,23)(H,24,25). The molecule has 8 nitrogen and oxygen atoms in total. The minimum absolute atomic E-state index is 0.0374. The molecule has 2 aromatic heterocycles. The van der Waals surface area contributed by atoms with Crippen LogP contribution in [0.1, 0.15) is 52.4 Å². The lowest BCUT2D eigenvalue weighted by Crippen LogP contribution is -2.19. The molecular weight excluding hydrogens is 394 g/mol. The van der Waals surface area contributed by atoms with Gasteiger partial charge in [0, 0.05) is 39.8 Å². The number of aryl methyl sites for hydroxylation is 2. The third-order valence-corrected chi connectivity index (χ3v) is 6.10. The number of halogens is 1. The highest BCUT2D eigenvalue weighted by Gasteiger charge is 2.38. The topological polar surface area (TPSA) is 120 Å². The van der Waals surface area contributed by atoms with Gasteiger partial charge in [-0.15, -0.1) is 5.10 Å². The smallest absolute Gasteiger partial charge is 0.269 e. The Kier molecular flexibility index (Phi) is 3.99. The molecule has 1 aromatic carbocycles. The van der Waals surface area contributed by atoms with Crippen molar-refractivity contribution < 1.29 is 9.66 Å². The number of ether oxygens (including phenoxy) is 1. The number of aromatic amines is 1. The minimum Gasteiger partial charge on any atom is -0.418 e. The van der Waals surface area contributed by atoms with Gasteiger partial charge >= 0.3 is 0 Å². The molecule has 3 heterocycles. The summed E-state index contributed by atoms with van der Waals surface area (Å²) in [7, 11) is 0. The van der Waals surface area contributed by atoms with Gasteiger partial charge in [0.2, 0.25) is 11.8 Å². The zero-order chi connectivity index (χ0) is 20.3. The van der Waals surface area contributed by atoms with Gasteiger partial charge in [-0.2, -0.15) is 0 Å². The lowest BCUT2D eigenvalue weighted by molar-refractivity contribution is -0.384. The molecule has 148 valence electrons. The Morgan fingerprint density at radius 1 is 1.28 bits per heavy atom. The number of fused-ring (bicyclic) bond motifs is 3. The van der Waals surface area contributed by atoms with E-state index in [4.69, 9.17) is 27.1 Å². The first-order valence-corrected chi connectivity index (χ1v) is 9.81. The minimum atomic E-state index is -0.459. The zero-order valence-corrected chi connectivity index (χ0v) is 16.4. The number of nitro groups is 1. The first-order valence-electron chi connectivity index (χ1n) is 9.43. The van der Waals surface area contributed by atoms with E-state index in [1.54, 1.807) is 6.07 Å². The van der Waals surface area contributed by atoms with Crippen molar-refractivity contribution >= 4 is 23.0 Å². The Labute approximate surface area is 171 Å². The van der Waals surface area contributed by atoms with Crippen molar-refractivity contribution in [3.8, 4) is 11.8 Å². The summed E-state index contributed by atoms with van der Waals surface area (Å²) in [4.78, 5) is 15.7. The average Bonchev–Trinajstić information content (AvgIpc) is 3.07. The van der Waals surface area contributed by atoms with E-state index < -0.39 is 10.8 Å². The highest BCUT2D eigenvalue weighted by molar-refractivity contribution is 6.31. The summed E-state index contributed by atoms with van der Waals surface area (Å²) in [6.45, 7) is 1.88. The normalized spacial score (nSPS) is 17.1. The molecule has 29 heavy (non-hydrogen) atoms. The first-order chi connectivity index (χ1) is 14.0. The molecular formula is C20H18ClN5O3. The molecule has 1 aliphatic heterocycles. The van der Waals surface area contributed by atoms with Crippen LogP contribution in [-0.2, 0) is 12.8 Å². The Morgan fingerprint density at radius 2 is 2.07 bits per heavy atom. The van der Waals surface area contributed by atoms with Gasteiger partial charge in [-0.1, -0.05) is 11.6 Å². The van der Waals surface area contributed by atoms with Crippen LogP contribution in [0, 0.1) is 17.0 Å². The lowest BCUT2D eigenvalue weighted by atomic mass is 9.81. The maximum absolute atomic E-state index is 11.4. The van der Waals surface area contributed by atoms with Crippen molar-refractivity contribution in [1.29, 1.82) is 0 Å². The number of hydrogen-bond donors (Lipinski definition) is 2. The van der Waals surface area contributed by atoms with Crippen molar-refractivity contribution in [2.45, 2.75) is 38.5 Å². The van der Waals surface area contributed by atoms with Gasteiger partial charge < -0.3 is 10.5 Å². The maximum Gasteiger partial charge on any atom is 0.269 e. The summed E-state index contributed by atoms with van der Waals surface area (Å²) in [5, 5.41) is 19.0. The molecule has 0 radical (unpaired) electrons. The molecule has 0 amide bonds. The maximum atomic E-state index is 11.4. The Bertz CT molecular complexity index is 1170. The van der Waals surface area contributed by atoms with E-state index in [-0.39, 0.29) is 5.69 Å². The summed E-state index contributed by atoms with van der Waals surface area (Å²) >= 11 is 6.53. The largest absolute Gasteiger partial charge is 0.418 e. The average molecular weight is 412 g/mol. The molecule has 0 saturated carbocycles. The molecule has 0 spiro atoms. The fraction of sp³-hybridized carbons (Fsp3) is 0.300. The second-order valence-corrected chi connectivity index (χ2v) is 7.85. The van der Waals surface area contributed by atoms with Crippen LogP contribution in [0.25, 0.3) is 0 Å². The number of aromatic nitrogens is 3. The number of H-pyrrole nitrogens is 1. The third-order valence-electron chi connectivity index (χ3n) is 5.75. The molecule has 0 bridgehead atoms. The number of hydrogen-bond acceptors (Lipinski definition) is 6. The van der Waals surface area contributed by atoms with Crippen LogP contribution in [0.5, 0.6) is 11.8 Å². The molecule has 5 rings (SSSR count). The molecule has 3 aromatic rings. The van der Waals surface area contributed by atoms with Gasteiger partial charge in [0.15, 0.2) is 0 Å². The SMILES string of the molecule is Cc1[nH]nc2c1C(c1cc([N+](=O)[O-])ccc1Cl)c1c(nc3c(c1N)CCCC3)O2. The van der Waals surface area contributed by atoms with E-state index in [9.17, 15) is 10.1 Å². The summed E-state index contributed by atoms with van der Waals surface area (Å²) in [5.41, 5.74) is 12.1. The summed E-state index contributed by atoms with van der Waals surface area (Å²) < 4.78 is 6.00. The Hall–Kier alpha value is -3.13. The molecule has 2 aliphatic rings. The van der Waals surface area contributed by atoms with Crippen LogP contribution < -0.4 is 10.5 Å². The lowest BCUT2D eigenvalue weighted by Gasteiger charge is -2.30. The molecule has 3 N–H and O–H groups in total.